The van der Waals surface area contributed by atoms with Crippen molar-refractivity contribution in [3.63, 3.8) is 0 Å². The van der Waals surface area contributed by atoms with E-state index in [1.165, 1.54) is 31.2 Å². The third-order valence-electron chi connectivity index (χ3n) is 9.53. The van der Waals surface area contributed by atoms with E-state index >= 15 is 0 Å². The summed E-state index contributed by atoms with van der Waals surface area (Å²) in [4.78, 5) is 0. The Balaban J connectivity index is 1.34. The van der Waals surface area contributed by atoms with Crippen molar-refractivity contribution in [2.24, 2.45) is 0 Å². The molecule has 16 unspecified atom stereocenters. The van der Waals surface area contributed by atoms with Gasteiger partial charge in [0.25, 0.3) is 11.9 Å². The van der Waals surface area contributed by atoms with Gasteiger partial charge in [-0.1, -0.05) is 0 Å². The molecule has 4 aliphatic rings. The van der Waals surface area contributed by atoms with Gasteiger partial charge in [0.1, 0.15) is 78.1 Å². The topological polar surface area (TPSA) is 331 Å². The van der Waals surface area contributed by atoms with Crippen molar-refractivity contribution in [1.29, 1.82) is 0 Å². The lowest BCUT2D eigenvalue weighted by Gasteiger charge is -2.46. The van der Waals surface area contributed by atoms with Crippen LogP contribution in [0.2, 0.25) is 0 Å². The van der Waals surface area contributed by atoms with E-state index in [1.807, 2.05) is 0 Å². The second-order valence-corrected chi connectivity index (χ2v) is 13.2. The summed E-state index contributed by atoms with van der Waals surface area (Å²) < 4.78 is 39.1. The van der Waals surface area contributed by atoms with Crippen molar-refractivity contribution in [1.82, 2.24) is 0 Å². The van der Waals surface area contributed by atoms with Crippen LogP contribution in [0.25, 0.3) is 6.08 Å². The molecule has 0 bridgehead atoms. The van der Waals surface area contributed by atoms with Gasteiger partial charge in [0.05, 0.1) is 30.9 Å². The van der Waals surface area contributed by atoms with Crippen LogP contribution in [-0.2, 0) is 28.4 Å². The Labute approximate surface area is 300 Å². The van der Waals surface area contributed by atoms with Crippen LogP contribution in [0.15, 0.2) is 36.1 Å². The van der Waals surface area contributed by atoms with Gasteiger partial charge in [0.15, 0.2) is 35.9 Å². The molecule has 0 saturated carbocycles. The number of aromatic hydroxyl groups is 5. The fourth-order valence-electron chi connectivity index (χ4n) is 6.43. The minimum absolute atomic E-state index is 0.0537. The molecule has 0 aromatic heterocycles. The first-order valence-corrected chi connectivity index (χ1v) is 16.5. The van der Waals surface area contributed by atoms with Crippen LogP contribution in [0.1, 0.15) is 24.2 Å². The van der Waals surface area contributed by atoms with Gasteiger partial charge >= 0.3 is 0 Å². The average molecular weight is 760 g/mol. The number of benzene rings is 2. The third kappa shape index (κ3) is 7.70. The Morgan fingerprint density at radius 1 is 0.660 bits per heavy atom. The molecule has 0 amide bonds. The van der Waals surface area contributed by atoms with Gasteiger partial charge in [-0.15, -0.1) is 0 Å². The molecule has 20 nitrogen and oxygen atoms in total. The second-order valence-electron chi connectivity index (χ2n) is 13.2. The molecular weight excluding hydrogens is 716 g/mol. The number of ether oxygens (including phenoxy) is 7. The molecule has 0 aliphatic carbocycles. The number of aliphatic hydroxyl groups is 10. The molecule has 2 aromatic rings. The predicted molar refractivity (Wildman–Crippen MR) is 171 cm³/mol. The summed E-state index contributed by atoms with van der Waals surface area (Å²) in [6.45, 7) is -0.0329. The minimum Gasteiger partial charge on any atom is -0.571 e. The number of hydrogen-bond acceptors (Lipinski definition) is 19. The van der Waals surface area contributed by atoms with E-state index in [0.717, 1.165) is 12.1 Å². The summed E-state index contributed by atoms with van der Waals surface area (Å²) in [7, 11) is 0. The number of phenols is 4. The Bertz CT molecular complexity index is 1620. The van der Waals surface area contributed by atoms with Crippen LogP contribution in [0, 0.1) is 0 Å². The SMILES string of the molecule is CC1OC(OCC2OC(OC3=Cc4c(O)cc(O)cc4[OH+]C3c3ccc(O)c(O)c3)C(OC3OC(CO)C(O)C(O)C3O)C(O)C2O)C(O)C(O)C1O. The van der Waals surface area contributed by atoms with Gasteiger partial charge in [0.2, 0.25) is 6.29 Å². The van der Waals surface area contributed by atoms with Crippen LogP contribution < -0.4 is 0 Å². The molecule has 6 rings (SSSR count). The van der Waals surface area contributed by atoms with E-state index in [0.29, 0.717) is 0 Å². The lowest BCUT2D eigenvalue weighted by molar-refractivity contribution is -0.369. The molecule has 20 heteroatoms. The highest BCUT2D eigenvalue weighted by Gasteiger charge is 2.53. The third-order valence-corrected chi connectivity index (χ3v) is 9.53. The molecule has 3 saturated heterocycles. The molecular formula is C33H43O20+. The van der Waals surface area contributed by atoms with Crippen molar-refractivity contribution in [2.45, 2.75) is 105 Å². The molecule has 2 aromatic carbocycles. The van der Waals surface area contributed by atoms with Gasteiger partial charge in [0, 0.05) is 12.1 Å². The van der Waals surface area contributed by atoms with Crippen LogP contribution in [0.5, 0.6) is 28.7 Å². The van der Waals surface area contributed by atoms with Crippen LogP contribution in [-0.4, -0.2) is 176 Å². The van der Waals surface area contributed by atoms with Crippen molar-refractivity contribution >= 4 is 6.08 Å². The predicted octanol–water partition coefficient (Wildman–Crippen LogP) is -3.66. The number of phenolic OH excluding ortho intramolecular Hbond substituents is 4. The Morgan fingerprint density at radius 2 is 1.32 bits per heavy atom. The summed E-state index contributed by atoms with van der Waals surface area (Å²) in [5.41, 5.74) is 0.263. The van der Waals surface area contributed by atoms with Crippen molar-refractivity contribution < 1.29 is 99.5 Å². The fourth-order valence-corrected chi connectivity index (χ4v) is 6.43. The Kier molecular flexibility index (Phi) is 11.5. The van der Waals surface area contributed by atoms with Crippen LogP contribution in [0.3, 0.4) is 0 Å². The summed E-state index contributed by atoms with van der Waals surface area (Å²) in [5, 5.41) is 135. The molecule has 294 valence electrons. The highest BCUT2D eigenvalue weighted by Crippen LogP contribution is 2.46. The lowest BCUT2D eigenvalue weighted by Crippen LogP contribution is -2.65. The monoisotopic (exact) mass is 759 g/mol. The lowest BCUT2D eigenvalue weighted by atomic mass is 9.96. The zero-order valence-electron chi connectivity index (χ0n) is 27.8. The van der Waals surface area contributed by atoms with Gasteiger partial charge < -0.3 is 99.5 Å². The second kappa shape index (κ2) is 15.6. The van der Waals surface area contributed by atoms with Crippen molar-refractivity contribution in [2.75, 3.05) is 13.2 Å². The number of rotatable bonds is 9. The fraction of sp³-hybridized carbons (Fsp3) is 0.576. The number of hydrogen-bond donors (Lipinski definition) is 13. The first kappa shape index (κ1) is 39.1. The molecule has 4 heterocycles. The zero-order valence-corrected chi connectivity index (χ0v) is 27.8. The number of fused-ring (bicyclic) bond motifs is 1. The average Bonchev–Trinajstić information content (AvgIpc) is 3.12. The van der Waals surface area contributed by atoms with Gasteiger partial charge in [-0.25, -0.2) is 0 Å². The summed E-state index contributed by atoms with van der Waals surface area (Å²) in [6.07, 6.45) is -25.1. The van der Waals surface area contributed by atoms with Crippen LogP contribution >= 0.6 is 0 Å². The smallest absolute Gasteiger partial charge is 0.270 e. The normalized spacial score (nSPS) is 40.2. The van der Waals surface area contributed by atoms with Crippen molar-refractivity contribution in [3.8, 4) is 28.7 Å². The van der Waals surface area contributed by atoms with E-state index in [4.69, 9.17) is 28.4 Å². The summed E-state index contributed by atoms with van der Waals surface area (Å²) in [6, 6.07) is 5.98. The van der Waals surface area contributed by atoms with Gasteiger partial charge in [-0.3, -0.25) is 0 Å². The van der Waals surface area contributed by atoms with Crippen molar-refractivity contribution in [3.05, 3.63) is 47.2 Å². The molecule has 3 fully saturated rings. The molecule has 0 radical (unpaired) electrons. The van der Waals surface area contributed by atoms with Crippen LogP contribution in [0.4, 0.5) is 0 Å². The van der Waals surface area contributed by atoms with E-state index in [2.05, 4.69) is 4.74 Å². The molecule has 4 aliphatic heterocycles. The maximum atomic E-state index is 11.4. The Hall–Kier alpha value is -3.58. The Morgan fingerprint density at radius 3 is 2.02 bits per heavy atom. The van der Waals surface area contributed by atoms with E-state index < -0.39 is 129 Å². The highest BCUT2D eigenvalue weighted by molar-refractivity contribution is 5.69. The highest BCUT2D eigenvalue weighted by atomic mass is 16.8. The van der Waals surface area contributed by atoms with E-state index in [9.17, 15) is 66.4 Å². The summed E-state index contributed by atoms with van der Waals surface area (Å²) >= 11 is 0. The first-order valence-electron chi connectivity index (χ1n) is 16.5. The quantitative estimate of drug-likeness (QED) is 0.0865. The largest absolute Gasteiger partial charge is 0.571 e. The maximum Gasteiger partial charge on any atom is 0.270 e. The molecule has 0 spiro atoms. The van der Waals surface area contributed by atoms with E-state index in [-0.39, 0.29) is 28.4 Å². The zero-order chi connectivity index (χ0) is 38.5. The molecule has 14 N–H and O–H groups in total. The number of aliphatic hydroxyl groups excluding tert-OH is 9. The molecule has 16 atom stereocenters. The van der Waals surface area contributed by atoms with Gasteiger partial charge in [-0.2, -0.15) is 0 Å². The van der Waals surface area contributed by atoms with E-state index in [1.54, 1.807) is 0 Å². The first-order chi connectivity index (χ1) is 25.1. The minimum atomic E-state index is -1.98. The molecule has 53 heavy (non-hydrogen) atoms. The maximum absolute atomic E-state index is 11.4. The summed E-state index contributed by atoms with van der Waals surface area (Å²) in [5.74, 6) is -1.82. The standard InChI is InChI=1S/C33H42O20/c1-10-21(39)24(42)27(45)31(48-10)47-9-20-23(41)26(44)30(53-32-28(46)25(43)22(40)19(8-34)51-32)33(52-20)50-18-7-13-15(37)5-12(35)6-17(13)49-29(18)11-2-3-14(36)16(38)4-11/h2-7,10,19-46H,8-9H2,1H3/p+1. The van der Waals surface area contributed by atoms with Gasteiger partial charge in [-0.05, 0) is 25.1 Å².